The average molecular weight is 412 g/mol. The third-order valence-electron chi connectivity index (χ3n) is 4.72. The van der Waals surface area contributed by atoms with Crippen LogP contribution in [0, 0.1) is 12.8 Å². The number of hydrogen-bond donors (Lipinski definition) is 1. The fourth-order valence-electron chi connectivity index (χ4n) is 3.05. The summed E-state index contributed by atoms with van der Waals surface area (Å²) in [6.07, 6.45) is 5.85. The van der Waals surface area contributed by atoms with Crippen molar-refractivity contribution in [2.24, 2.45) is 13.0 Å². The van der Waals surface area contributed by atoms with E-state index in [2.05, 4.69) is 15.4 Å². The van der Waals surface area contributed by atoms with Crippen LogP contribution in [-0.2, 0) is 17.1 Å². The van der Waals surface area contributed by atoms with Gasteiger partial charge in [-0.05, 0) is 37.3 Å². The molecule has 0 unspecified atom stereocenters. The zero-order chi connectivity index (χ0) is 19.6. The number of carbonyl (C=O) groups is 1. The summed E-state index contributed by atoms with van der Waals surface area (Å²) >= 11 is 5.88. The lowest BCUT2D eigenvalue weighted by Crippen LogP contribution is -2.41. The maximum absolute atomic E-state index is 12.8. The number of rotatable bonds is 5. The molecule has 146 valence electrons. The Morgan fingerprint density at radius 2 is 2.04 bits per heavy atom. The molecule has 3 heterocycles. The Morgan fingerprint density at radius 1 is 1.33 bits per heavy atom. The second-order valence-corrected chi connectivity index (χ2v) is 9.03. The molecule has 0 aliphatic carbocycles. The number of halogens is 1. The summed E-state index contributed by atoms with van der Waals surface area (Å²) in [7, 11) is -1.83. The first-order valence-corrected chi connectivity index (χ1v) is 10.5. The van der Waals surface area contributed by atoms with Crippen molar-refractivity contribution < 1.29 is 13.2 Å². The molecule has 0 aromatic carbocycles. The molecule has 2 aromatic heterocycles. The summed E-state index contributed by atoms with van der Waals surface area (Å²) in [5.41, 5.74) is 1.15. The van der Waals surface area contributed by atoms with Crippen molar-refractivity contribution in [1.29, 1.82) is 0 Å². The van der Waals surface area contributed by atoms with Gasteiger partial charge in [0.15, 0.2) is 0 Å². The average Bonchev–Trinajstić information content (AvgIpc) is 3.08. The molecule has 0 saturated carbocycles. The van der Waals surface area contributed by atoms with Gasteiger partial charge in [0.2, 0.25) is 10.0 Å². The Bertz CT molecular complexity index is 936. The Labute approximate surface area is 163 Å². The van der Waals surface area contributed by atoms with Crippen molar-refractivity contribution in [2.45, 2.75) is 24.7 Å². The first-order chi connectivity index (χ1) is 12.8. The summed E-state index contributed by atoms with van der Waals surface area (Å²) in [6.45, 7) is 3.07. The van der Waals surface area contributed by atoms with Crippen molar-refractivity contribution in [1.82, 2.24) is 24.4 Å². The molecule has 10 heteroatoms. The van der Waals surface area contributed by atoms with E-state index in [9.17, 15) is 13.2 Å². The van der Waals surface area contributed by atoms with Gasteiger partial charge in [-0.25, -0.2) is 13.4 Å². The fraction of sp³-hybridized carbons (Fsp3) is 0.471. The molecule has 0 atom stereocenters. The molecule has 1 aliphatic rings. The Hall–Kier alpha value is -1.97. The number of amides is 1. The molecular weight excluding hydrogens is 390 g/mol. The molecule has 1 aliphatic heterocycles. The smallest absolute Gasteiger partial charge is 0.254 e. The van der Waals surface area contributed by atoms with E-state index in [1.807, 2.05) is 0 Å². The topological polar surface area (TPSA) is 97.2 Å². The zero-order valence-electron chi connectivity index (χ0n) is 15.2. The van der Waals surface area contributed by atoms with Gasteiger partial charge in [-0.2, -0.15) is 9.40 Å². The number of nitrogens with zero attached hydrogens (tertiary/aromatic N) is 4. The van der Waals surface area contributed by atoms with Crippen molar-refractivity contribution in [3.8, 4) is 0 Å². The minimum Gasteiger partial charge on any atom is -0.352 e. The number of nitrogens with one attached hydrogen (secondary N) is 1. The predicted octanol–water partition coefficient (Wildman–Crippen LogP) is 1.61. The van der Waals surface area contributed by atoms with E-state index in [0.717, 1.165) is 0 Å². The van der Waals surface area contributed by atoms with Crippen LogP contribution >= 0.6 is 11.6 Å². The van der Waals surface area contributed by atoms with Crippen LogP contribution in [0.25, 0.3) is 0 Å². The van der Waals surface area contributed by atoms with E-state index in [1.54, 1.807) is 30.9 Å². The van der Waals surface area contributed by atoms with Crippen molar-refractivity contribution >= 4 is 27.5 Å². The first kappa shape index (κ1) is 19.8. The third kappa shape index (κ3) is 4.48. The van der Waals surface area contributed by atoms with Crippen LogP contribution in [0.3, 0.4) is 0 Å². The van der Waals surface area contributed by atoms with Crippen molar-refractivity contribution in [3.63, 3.8) is 0 Å². The maximum atomic E-state index is 12.8. The molecule has 0 radical (unpaired) electrons. The second kappa shape index (κ2) is 7.95. The van der Waals surface area contributed by atoms with E-state index in [1.165, 1.54) is 16.7 Å². The van der Waals surface area contributed by atoms with Crippen LogP contribution in [-0.4, -0.2) is 53.0 Å². The Morgan fingerprint density at radius 3 is 2.63 bits per heavy atom. The lowest BCUT2D eigenvalue weighted by atomic mass is 9.98. The van der Waals surface area contributed by atoms with Gasteiger partial charge in [0.25, 0.3) is 5.91 Å². The van der Waals surface area contributed by atoms with Crippen LogP contribution in [0.15, 0.2) is 29.6 Å². The Kier molecular flexibility index (Phi) is 5.83. The molecule has 1 saturated heterocycles. The number of hydrogen-bond acceptors (Lipinski definition) is 5. The summed E-state index contributed by atoms with van der Waals surface area (Å²) in [5.74, 6) is 0.0722. The number of piperidine rings is 1. The fourth-order valence-corrected chi connectivity index (χ4v) is 4.66. The molecular formula is C17H22ClN5O3S. The Balaban J connectivity index is 1.55. The quantitative estimate of drug-likeness (QED) is 0.754. The highest BCUT2D eigenvalue weighted by molar-refractivity contribution is 7.89. The predicted molar refractivity (Wildman–Crippen MR) is 101 cm³/mol. The summed E-state index contributed by atoms with van der Waals surface area (Å²) in [5, 5.41) is 7.18. The number of aromatic nitrogens is 3. The van der Waals surface area contributed by atoms with Crippen molar-refractivity contribution in [3.05, 3.63) is 40.9 Å². The van der Waals surface area contributed by atoms with Gasteiger partial charge in [-0.15, -0.1) is 0 Å². The van der Waals surface area contributed by atoms with Crippen LogP contribution in [0.1, 0.15) is 28.8 Å². The lowest BCUT2D eigenvalue weighted by molar-refractivity contribution is 0.0941. The van der Waals surface area contributed by atoms with Gasteiger partial charge in [0, 0.05) is 39.1 Å². The van der Waals surface area contributed by atoms with Gasteiger partial charge in [-0.3, -0.25) is 9.48 Å². The highest BCUT2D eigenvalue weighted by Crippen LogP contribution is 2.25. The van der Waals surface area contributed by atoms with Gasteiger partial charge >= 0.3 is 0 Å². The summed E-state index contributed by atoms with van der Waals surface area (Å²) in [4.78, 5) is 16.2. The summed E-state index contributed by atoms with van der Waals surface area (Å²) < 4.78 is 28.6. The number of sulfonamides is 1. The number of aryl methyl sites for hydroxylation is 2. The zero-order valence-corrected chi connectivity index (χ0v) is 16.8. The number of carbonyl (C=O) groups excluding carboxylic acids is 1. The van der Waals surface area contributed by atoms with Crippen LogP contribution in [0.4, 0.5) is 0 Å². The monoisotopic (exact) mass is 411 g/mol. The molecule has 2 aromatic rings. The molecule has 1 fully saturated rings. The normalized spacial score (nSPS) is 16.4. The lowest BCUT2D eigenvalue weighted by Gasteiger charge is -2.31. The van der Waals surface area contributed by atoms with E-state index in [4.69, 9.17) is 11.6 Å². The van der Waals surface area contributed by atoms with Crippen molar-refractivity contribution in [2.75, 3.05) is 19.6 Å². The van der Waals surface area contributed by atoms with Gasteiger partial charge in [0.05, 0.1) is 11.8 Å². The van der Waals surface area contributed by atoms with E-state index < -0.39 is 10.0 Å². The molecule has 0 bridgehead atoms. The minimum absolute atomic E-state index is 0.160. The molecule has 0 spiro atoms. The third-order valence-corrected chi connectivity index (χ3v) is 6.98. The largest absolute Gasteiger partial charge is 0.352 e. The second-order valence-electron chi connectivity index (χ2n) is 6.74. The minimum atomic E-state index is -3.58. The first-order valence-electron chi connectivity index (χ1n) is 8.66. The van der Waals surface area contributed by atoms with E-state index in [0.29, 0.717) is 48.8 Å². The SMILES string of the molecule is Cc1cc(S(=O)(=O)N2CCC(CNC(=O)c3cnn(C)c3)CC2)cnc1Cl. The maximum Gasteiger partial charge on any atom is 0.254 e. The van der Waals surface area contributed by atoms with Crippen LogP contribution < -0.4 is 5.32 Å². The van der Waals surface area contributed by atoms with Crippen LogP contribution in [0.2, 0.25) is 5.15 Å². The van der Waals surface area contributed by atoms with E-state index >= 15 is 0 Å². The highest BCUT2D eigenvalue weighted by Gasteiger charge is 2.30. The van der Waals surface area contributed by atoms with Gasteiger partial charge in [-0.1, -0.05) is 11.6 Å². The standard InChI is InChI=1S/C17H22ClN5O3S/c1-12-7-15(10-19-16(12)18)27(25,26)23-5-3-13(4-6-23)8-20-17(24)14-9-21-22(2)11-14/h7,9-11,13H,3-6,8H2,1-2H3,(H,20,24). The van der Waals surface area contributed by atoms with Gasteiger partial charge < -0.3 is 5.32 Å². The summed E-state index contributed by atoms with van der Waals surface area (Å²) in [6, 6.07) is 1.55. The van der Waals surface area contributed by atoms with Crippen LogP contribution in [0.5, 0.6) is 0 Å². The number of pyridine rings is 1. The highest BCUT2D eigenvalue weighted by atomic mass is 35.5. The molecule has 8 nitrogen and oxygen atoms in total. The van der Waals surface area contributed by atoms with Gasteiger partial charge in [0.1, 0.15) is 10.0 Å². The molecule has 27 heavy (non-hydrogen) atoms. The molecule has 1 N–H and O–H groups in total. The molecule has 3 rings (SSSR count). The van der Waals surface area contributed by atoms with E-state index in [-0.39, 0.29) is 16.7 Å². The molecule has 1 amide bonds.